The Kier molecular flexibility index (Phi) is 10.8. The molecule has 2 rings (SSSR count). The number of carbonyl (C=O) groups excluding carboxylic acids is 2. The summed E-state index contributed by atoms with van der Waals surface area (Å²) in [4.78, 5) is 27.6. The molecule has 2 aromatic carbocycles. The van der Waals surface area contributed by atoms with Crippen LogP contribution in [0.4, 0.5) is 0 Å². The molecule has 0 unspecified atom stereocenters. The van der Waals surface area contributed by atoms with Crippen LogP contribution in [0.25, 0.3) is 0 Å². The average molecular weight is 544 g/mol. The summed E-state index contributed by atoms with van der Waals surface area (Å²) in [5.74, 6) is 0.0748. The third-order valence-electron chi connectivity index (χ3n) is 5.05. The molecule has 2 aromatic rings. The van der Waals surface area contributed by atoms with Crippen LogP contribution in [0.2, 0.25) is 10.0 Å². The second-order valence-electron chi connectivity index (χ2n) is 7.38. The monoisotopic (exact) mass is 542 g/mol. The van der Waals surface area contributed by atoms with Gasteiger partial charge in [-0.1, -0.05) is 56.1 Å². The van der Waals surface area contributed by atoms with Gasteiger partial charge in [0.2, 0.25) is 5.91 Å². The lowest BCUT2D eigenvalue weighted by molar-refractivity contribution is -0.143. The number of rotatable bonds is 11. The molecule has 0 bridgehead atoms. The van der Waals surface area contributed by atoms with E-state index in [4.69, 9.17) is 27.9 Å². The molecule has 0 saturated heterocycles. The van der Waals surface area contributed by atoms with Gasteiger partial charge in [-0.2, -0.15) is 0 Å². The molecule has 0 spiro atoms. The van der Waals surface area contributed by atoms with Crippen molar-refractivity contribution in [3.63, 3.8) is 0 Å². The van der Waals surface area contributed by atoms with Crippen molar-refractivity contribution in [3.8, 4) is 5.75 Å². The van der Waals surface area contributed by atoms with Gasteiger partial charge < -0.3 is 15.0 Å². The van der Waals surface area contributed by atoms with Crippen LogP contribution < -0.4 is 10.1 Å². The van der Waals surface area contributed by atoms with E-state index in [2.05, 4.69) is 28.2 Å². The molecule has 0 aliphatic carbocycles. The Labute approximate surface area is 208 Å². The number of halogens is 3. The highest BCUT2D eigenvalue weighted by Gasteiger charge is 2.29. The van der Waals surface area contributed by atoms with Gasteiger partial charge in [0.15, 0.2) is 6.61 Å². The van der Waals surface area contributed by atoms with Crippen LogP contribution in [-0.4, -0.2) is 35.9 Å². The summed E-state index contributed by atoms with van der Waals surface area (Å²) in [6.45, 7) is 6.44. The fourth-order valence-corrected chi connectivity index (χ4v) is 4.23. The Morgan fingerprint density at radius 2 is 1.88 bits per heavy atom. The molecule has 2 amide bonds. The highest BCUT2D eigenvalue weighted by atomic mass is 79.9. The zero-order valence-electron chi connectivity index (χ0n) is 18.6. The Hall–Kier alpha value is -1.76. The van der Waals surface area contributed by atoms with Gasteiger partial charge in [-0.25, -0.2) is 0 Å². The lowest BCUT2D eigenvalue weighted by Gasteiger charge is -2.31. The molecular formula is C24H29BrCl2N2O3. The standard InChI is InChI=1S/C24H29BrCl2N2O3/c1-4-11-28-24(31)21(6-3)29(14-17-8-9-18(26)13-20(17)27)23(30)15-32-22-10-7-16(5-2)12-19(22)25/h7-10,12-13,21H,4-6,11,14-15H2,1-3H3,(H,28,31)/t21-/m1/s1. The van der Waals surface area contributed by atoms with E-state index in [0.29, 0.717) is 34.3 Å². The average Bonchev–Trinajstić information content (AvgIpc) is 2.77. The molecule has 32 heavy (non-hydrogen) atoms. The van der Waals surface area contributed by atoms with E-state index in [-0.39, 0.29) is 25.0 Å². The SMILES string of the molecule is CCCNC(=O)[C@@H](CC)N(Cc1ccc(Cl)cc1Cl)C(=O)COc1ccc(CC)cc1Br. The Morgan fingerprint density at radius 3 is 2.47 bits per heavy atom. The fraction of sp³-hybridized carbons (Fsp3) is 0.417. The number of nitrogens with zero attached hydrogens (tertiary/aromatic N) is 1. The van der Waals surface area contributed by atoms with Crippen molar-refractivity contribution in [1.29, 1.82) is 0 Å². The van der Waals surface area contributed by atoms with E-state index in [1.165, 1.54) is 4.90 Å². The van der Waals surface area contributed by atoms with Gasteiger partial charge in [0.25, 0.3) is 5.91 Å². The molecule has 0 aromatic heterocycles. The Morgan fingerprint density at radius 1 is 1.12 bits per heavy atom. The van der Waals surface area contributed by atoms with Gasteiger partial charge in [-0.05, 0) is 70.6 Å². The molecular weight excluding hydrogens is 515 g/mol. The third-order valence-corrected chi connectivity index (χ3v) is 6.25. The molecule has 1 N–H and O–H groups in total. The number of ether oxygens (including phenoxy) is 1. The molecule has 5 nitrogen and oxygen atoms in total. The summed E-state index contributed by atoms with van der Waals surface area (Å²) in [5.41, 5.74) is 1.87. The third kappa shape index (κ3) is 7.39. The van der Waals surface area contributed by atoms with Crippen molar-refractivity contribution in [3.05, 3.63) is 62.0 Å². The van der Waals surface area contributed by atoms with E-state index >= 15 is 0 Å². The molecule has 8 heteroatoms. The summed E-state index contributed by atoms with van der Waals surface area (Å²) in [5, 5.41) is 3.84. The first-order valence-corrected chi connectivity index (χ1v) is 12.3. The van der Waals surface area contributed by atoms with Crippen LogP contribution in [0.5, 0.6) is 5.75 Å². The van der Waals surface area contributed by atoms with E-state index < -0.39 is 6.04 Å². The maximum Gasteiger partial charge on any atom is 0.261 e. The molecule has 0 aliphatic heterocycles. The second kappa shape index (κ2) is 13.1. The van der Waals surface area contributed by atoms with Gasteiger partial charge in [0, 0.05) is 23.1 Å². The van der Waals surface area contributed by atoms with E-state index in [1.54, 1.807) is 18.2 Å². The number of aryl methyl sites for hydroxylation is 1. The summed E-state index contributed by atoms with van der Waals surface area (Å²) in [7, 11) is 0. The van der Waals surface area contributed by atoms with Crippen LogP contribution in [0.1, 0.15) is 44.7 Å². The van der Waals surface area contributed by atoms with Crippen molar-refractivity contribution in [2.75, 3.05) is 13.2 Å². The topological polar surface area (TPSA) is 58.6 Å². The predicted octanol–water partition coefficient (Wildman–Crippen LogP) is 6.03. The first-order chi connectivity index (χ1) is 15.3. The minimum atomic E-state index is -0.643. The quantitative estimate of drug-likeness (QED) is 0.376. The van der Waals surface area contributed by atoms with Gasteiger partial charge in [-0.3, -0.25) is 9.59 Å². The lowest BCUT2D eigenvalue weighted by Crippen LogP contribution is -2.50. The van der Waals surface area contributed by atoms with Crippen molar-refractivity contribution in [2.24, 2.45) is 0 Å². The molecule has 0 aliphatic rings. The zero-order chi connectivity index (χ0) is 23.7. The first-order valence-electron chi connectivity index (χ1n) is 10.7. The Bertz CT molecular complexity index is 939. The molecule has 1 atom stereocenters. The van der Waals surface area contributed by atoms with Crippen molar-refractivity contribution in [2.45, 2.75) is 52.6 Å². The minimum absolute atomic E-state index is 0.173. The predicted molar refractivity (Wildman–Crippen MR) is 133 cm³/mol. The van der Waals surface area contributed by atoms with E-state index in [9.17, 15) is 9.59 Å². The largest absolute Gasteiger partial charge is 0.483 e. The van der Waals surface area contributed by atoms with E-state index in [0.717, 1.165) is 22.9 Å². The zero-order valence-corrected chi connectivity index (χ0v) is 21.7. The second-order valence-corrected chi connectivity index (χ2v) is 9.08. The fourth-order valence-electron chi connectivity index (χ4n) is 3.22. The maximum atomic E-state index is 13.2. The number of hydrogen-bond acceptors (Lipinski definition) is 3. The van der Waals surface area contributed by atoms with Gasteiger partial charge in [0.05, 0.1) is 4.47 Å². The number of amides is 2. The highest BCUT2D eigenvalue weighted by molar-refractivity contribution is 9.10. The molecule has 0 heterocycles. The summed E-state index contributed by atoms with van der Waals surface area (Å²) in [6.07, 6.45) is 2.17. The van der Waals surface area contributed by atoms with Gasteiger partial charge >= 0.3 is 0 Å². The highest BCUT2D eigenvalue weighted by Crippen LogP contribution is 2.27. The first kappa shape index (κ1) is 26.5. The number of benzene rings is 2. The smallest absolute Gasteiger partial charge is 0.261 e. The number of nitrogens with one attached hydrogen (secondary N) is 1. The van der Waals surface area contributed by atoms with Crippen LogP contribution in [0.3, 0.4) is 0 Å². The molecule has 0 fully saturated rings. The summed E-state index contributed by atoms with van der Waals surface area (Å²) >= 11 is 15.9. The maximum absolute atomic E-state index is 13.2. The molecule has 0 radical (unpaired) electrons. The Balaban J connectivity index is 2.25. The molecule has 174 valence electrons. The van der Waals surface area contributed by atoms with Crippen molar-refractivity contribution < 1.29 is 14.3 Å². The van der Waals surface area contributed by atoms with Crippen LogP contribution in [0, 0.1) is 0 Å². The summed E-state index contributed by atoms with van der Waals surface area (Å²) in [6, 6.07) is 10.2. The van der Waals surface area contributed by atoms with Gasteiger partial charge in [0.1, 0.15) is 11.8 Å². The summed E-state index contributed by atoms with van der Waals surface area (Å²) < 4.78 is 6.58. The number of carbonyl (C=O) groups is 2. The lowest BCUT2D eigenvalue weighted by atomic mass is 10.1. The van der Waals surface area contributed by atoms with Crippen molar-refractivity contribution >= 4 is 50.9 Å². The van der Waals surface area contributed by atoms with Crippen LogP contribution in [0.15, 0.2) is 40.9 Å². The molecule has 0 saturated carbocycles. The van der Waals surface area contributed by atoms with Crippen molar-refractivity contribution in [1.82, 2.24) is 10.2 Å². The van der Waals surface area contributed by atoms with Gasteiger partial charge in [-0.15, -0.1) is 0 Å². The van der Waals surface area contributed by atoms with E-state index in [1.807, 2.05) is 32.0 Å². The van der Waals surface area contributed by atoms with Crippen LogP contribution in [-0.2, 0) is 22.6 Å². The van der Waals surface area contributed by atoms with Crippen LogP contribution >= 0.6 is 39.1 Å². The normalized spacial score (nSPS) is 11.7. The minimum Gasteiger partial charge on any atom is -0.483 e. The number of hydrogen-bond donors (Lipinski definition) is 1.